The highest BCUT2D eigenvalue weighted by molar-refractivity contribution is 7.99. The van der Waals surface area contributed by atoms with E-state index in [4.69, 9.17) is 37.9 Å². The summed E-state index contributed by atoms with van der Waals surface area (Å²) in [6.45, 7) is 10.3. The van der Waals surface area contributed by atoms with Crippen molar-refractivity contribution in [3.8, 4) is 40.2 Å². The minimum Gasteiger partial charge on any atom is -0.504 e. The Balaban J connectivity index is 1.25. The molecule has 7 aliphatic rings. The Labute approximate surface area is 357 Å². The summed E-state index contributed by atoms with van der Waals surface area (Å²) >= 11 is 1.44. The highest BCUT2D eigenvalue weighted by atomic mass is 32.2. The molecule has 61 heavy (non-hydrogen) atoms. The average molecular weight is 862 g/mol. The number of esters is 2. The fourth-order valence-electron chi connectivity index (χ4n) is 10.4. The van der Waals surface area contributed by atoms with Crippen molar-refractivity contribution < 1.29 is 62.5 Å². The number of piperazine rings is 1. The van der Waals surface area contributed by atoms with Gasteiger partial charge in [0.1, 0.15) is 24.2 Å². The number of methoxy groups -OCH3 is 2. The number of fused-ring (bicyclic) bond motifs is 9. The number of aromatic hydroxyl groups is 1. The first-order chi connectivity index (χ1) is 29.0. The number of likely N-dealkylation sites (N-methyl/N-ethyl adjacent to an activating group) is 1. The summed E-state index contributed by atoms with van der Waals surface area (Å²) in [6, 6.07) is 3.04. The van der Waals surface area contributed by atoms with E-state index in [0.717, 1.165) is 16.7 Å². The number of phenols is 1. The van der Waals surface area contributed by atoms with Gasteiger partial charge in [0.25, 0.3) is 0 Å². The van der Waals surface area contributed by atoms with Crippen LogP contribution in [0.2, 0.25) is 0 Å². The molecule has 7 aliphatic heterocycles. The van der Waals surface area contributed by atoms with Gasteiger partial charge in [-0.15, -0.1) is 11.8 Å². The molecule has 0 radical (unpaired) electrons. The number of phenolic OH excluding ortho intramolecular Hbond substituents is 1. The number of hydrogen-bond acceptors (Lipinski definition) is 17. The fourth-order valence-corrected chi connectivity index (χ4v) is 12.1. The Kier molecular flexibility index (Phi) is 10.1. The molecule has 0 aromatic heterocycles. The van der Waals surface area contributed by atoms with E-state index in [2.05, 4.69) is 10.2 Å². The standard InChI is InChI=1S/C44H51N3O13S/c1-19-12-23-13-25-40(50)47-26-16-55-41(51)44(24-15-27(53-8)28(14-22(24)10-11-45-44)59-42(52)60-43(4,5)6)17-61-39(33(47)32(46(25)7)29(23)34(49)35(19)54-9)31-30(26)38-37(56-18-57-38)20(2)36(31)58-21(3)48/h12,14-15,25-26,32-33,39-40,45,49-50H,10-11,13,16-18H2,1-9H3/t25-,26-,32+,33?,39+,40-,44+/m0/s1. The number of ether oxygens (including phenoxy) is 8. The number of rotatable bonds is 4. The molecule has 7 atom stereocenters. The lowest BCUT2D eigenvalue weighted by Gasteiger charge is -2.62. The maximum absolute atomic E-state index is 15.0. The van der Waals surface area contributed by atoms with Gasteiger partial charge < -0.3 is 48.1 Å². The van der Waals surface area contributed by atoms with Gasteiger partial charge in [0.2, 0.25) is 6.79 Å². The monoisotopic (exact) mass is 861 g/mol. The molecule has 1 unspecified atom stereocenters. The molecule has 3 aromatic rings. The Hall–Kier alpha value is -4.94. The molecule has 3 aromatic carbocycles. The van der Waals surface area contributed by atoms with Crippen LogP contribution in [-0.2, 0) is 37.4 Å². The second kappa shape index (κ2) is 14.9. The fraction of sp³-hybridized carbons (Fsp3) is 0.523. The van der Waals surface area contributed by atoms with Crippen molar-refractivity contribution in [2.75, 3.05) is 47.0 Å². The van der Waals surface area contributed by atoms with Crippen molar-refractivity contribution in [1.82, 2.24) is 15.1 Å². The number of benzene rings is 3. The normalized spacial score (nSPS) is 27.5. The Morgan fingerprint density at radius 2 is 1.72 bits per heavy atom. The summed E-state index contributed by atoms with van der Waals surface area (Å²) in [5, 5.41) is 27.6. The first-order valence-corrected chi connectivity index (χ1v) is 21.4. The molecule has 2 saturated heterocycles. The number of nitrogens with one attached hydrogen (secondary N) is 1. The lowest BCUT2D eigenvalue weighted by molar-refractivity contribution is -0.186. The van der Waals surface area contributed by atoms with Crippen molar-refractivity contribution in [3.05, 3.63) is 62.7 Å². The van der Waals surface area contributed by atoms with E-state index in [1.165, 1.54) is 32.9 Å². The number of carbonyl (C=O) groups is 3. The molecule has 17 heteroatoms. The van der Waals surface area contributed by atoms with Gasteiger partial charge in [0.15, 0.2) is 40.0 Å². The van der Waals surface area contributed by atoms with E-state index >= 15 is 0 Å². The van der Waals surface area contributed by atoms with E-state index < -0.39 is 64.9 Å². The molecule has 3 N–H and O–H groups in total. The third-order valence-corrected chi connectivity index (χ3v) is 14.3. The quantitative estimate of drug-likeness (QED) is 0.180. The van der Waals surface area contributed by atoms with E-state index in [0.29, 0.717) is 70.2 Å². The van der Waals surface area contributed by atoms with Gasteiger partial charge in [-0.25, -0.2) is 9.59 Å². The van der Waals surface area contributed by atoms with E-state index in [1.54, 1.807) is 32.9 Å². The van der Waals surface area contributed by atoms with Gasteiger partial charge in [-0.2, -0.15) is 0 Å². The summed E-state index contributed by atoms with van der Waals surface area (Å²) in [4.78, 5) is 44.9. The van der Waals surface area contributed by atoms with Gasteiger partial charge in [0.05, 0.1) is 37.6 Å². The van der Waals surface area contributed by atoms with Crippen LogP contribution in [0.3, 0.4) is 0 Å². The highest BCUT2D eigenvalue weighted by Crippen LogP contribution is 2.64. The van der Waals surface area contributed by atoms with Gasteiger partial charge in [-0.3, -0.25) is 19.9 Å². The minimum atomic E-state index is -1.44. The van der Waals surface area contributed by atoms with Crippen LogP contribution in [0.4, 0.5) is 4.79 Å². The molecule has 2 fully saturated rings. The molecule has 1 spiro atoms. The van der Waals surface area contributed by atoms with E-state index in [-0.39, 0.29) is 36.4 Å². The van der Waals surface area contributed by atoms with Crippen LogP contribution in [0.15, 0.2) is 18.2 Å². The van der Waals surface area contributed by atoms with E-state index in [1.807, 2.05) is 31.9 Å². The Bertz CT molecular complexity index is 2370. The number of hydrogen-bond donors (Lipinski definition) is 3. The van der Waals surface area contributed by atoms with E-state index in [9.17, 15) is 24.6 Å². The Morgan fingerprint density at radius 1 is 0.967 bits per heavy atom. The lowest BCUT2D eigenvalue weighted by Crippen LogP contribution is -2.70. The largest absolute Gasteiger partial charge is 0.514 e. The van der Waals surface area contributed by atoms with Gasteiger partial charge >= 0.3 is 18.1 Å². The van der Waals surface area contributed by atoms with Crippen molar-refractivity contribution in [2.24, 2.45) is 0 Å². The second-order valence-electron chi connectivity index (χ2n) is 17.5. The number of aliphatic hydroxyl groups excluding tert-OH is 1. The van der Waals surface area contributed by atoms with Crippen LogP contribution < -0.4 is 33.7 Å². The van der Waals surface area contributed by atoms with Crippen molar-refractivity contribution in [2.45, 2.75) is 101 Å². The van der Waals surface area contributed by atoms with Gasteiger partial charge in [-0.05, 0) is 88.9 Å². The number of thioether (sulfide) groups is 1. The predicted octanol–water partition coefficient (Wildman–Crippen LogP) is 5.02. The Morgan fingerprint density at radius 3 is 2.43 bits per heavy atom. The molecular formula is C44H51N3O13S. The second-order valence-corrected chi connectivity index (χ2v) is 18.6. The summed E-state index contributed by atoms with van der Waals surface area (Å²) in [5.41, 5.74) is 3.25. The summed E-state index contributed by atoms with van der Waals surface area (Å²) in [5.74, 6) is 0.883. The molecule has 4 bridgehead atoms. The van der Waals surface area contributed by atoms with Crippen LogP contribution in [-0.4, -0.2) is 109 Å². The molecule has 0 saturated carbocycles. The van der Waals surface area contributed by atoms with Gasteiger partial charge in [0, 0.05) is 47.5 Å². The maximum atomic E-state index is 15.0. The number of aliphatic hydroxyl groups is 1. The highest BCUT2D eigenvalue weighted by Gasteiger charge is 2.61. The maximum Gasteiger partial charge on any atom is 0.514 e. The zero-order chi connectivity index (χ0) is 43.4. The number of nitrogens with zero attached hydrogens (tertiary/aromatic N) is 2. The molecule has 16 nitrogen and oxygen atoms in total. The lowest BCUT2D eigenvalue weighted by atomic mass is 9.73. The van der Waals surface area contributed by atoms with Crippen molar-refractivity contribution >= 4 is 29.9 Å². The third-order valence-electron chi connectivity index (χ3n) is 12.8. The molecule has 7 heterocycles. The molecular weight excluding hydrogens is 811 g/mol. The van der Waals surface area contributed by atoms with Crippen LogP contribution in [0.25, 0.3) is 0 Å². The van der Waals surface area contributed by atoms with Gasteiger partial charge in [-0.1, -0.05) is 6.07 Å². The topological polar surface area (TPSA) is 184 Å². The zero-order valence-electron chi connectivity index (χ0n) is 35.6. The van der Waals surface area contributed by atoms with Crippen LogP contribution in [0, 0.1) is 13.8 Å². The average Bonchev–Trinajstić information content (AvgIpc) is 3.69. The SMILES string of the molecule is COc1cc2c(cc1OC(=O)OC(C)(C)C)CCN[C@]21CS[C@@H]2c3c(OC(C)=O)c(C)c4c(c3[C@H](COC1=O)N1C2[C@H]2c3c(cc(C)c(OC)c3O)C[C@@H]([C@@H]1O)N2C)OCO4. The van der Waals surface area contributed by atoms with Crippen molar-refractivity contribution in [1.29, 1.82) is 0 Å². The third kappa shape index (κ3) is 6.36. The van der Waals surface area contributed by atoms with Crippen LogP contribution >= 0.6 is 11.8 Å². The van der Waals surface area contributed by atoms with Crippen LogP contribution in [0.5, 0.6) is 40.2 Å². The van der Waals surface area contributed by atoms with Crippen LogP contribution in [0.1, 0.15) is 89.5 Å². The molecule has 326 valence electrons. The molecule has 0 amide bonds. The number of aryl methyl sites for hydroxylation is 1. The molecule has 10 rings (SSSR count). The minimum absolute atomic E-state index is 0.0201. The molecule has 0 aliphatic carbocycles. The number of carbonyl (C=O) groups excluding carboxylic acids is 3. The first-order valence-electron chi connectivity index (χ1n) is 20.4. The zero-order valence-corrected chi connectivity index (χ0v) is 36.4. The predicted molar refractivity (Wildman–Crippen MR) is 220 cm³/mol. The summed E-state index contributed by atoms with van der Waals surface area (Å²) in [6.07, 6.45) is -1.05. The summed E-state index contributed by atoms with van der Waals surface area (Å²) < 4.78 is 47.5. The van der Waals surface area contributed by atoms with Crippen molar-refractivity contribution in [3.63, 3.8) is 0 Å². The summed E-state index contributed by atoms with van der Waals surface area (Å²) in [7, 11) is 4.93. The first kappa shape index (κ1) is 41.4. The smallest absolute Gasteiger partial charge is 0.504 e.